The normalized spacial score (nSPS) is 10.3. The van der Waals surface area contributed by atoms with Crippen molar-refractivity contribution < 1.29 is 9.63 Å². The Hall–Kier alpha value is -2.51. The number of nitrogens with zero attached hydrogens (tertiary/aromatic N) is 3. The molecule has 0 fully saturated rings. The minimum atomic E-state index is -0.881. The molecule has 0 spiro atoms. The first-order valence-electron chi connectivity index (χ1n) is 4.24. The van der Waals surface area contributed by atoms with Gasteiger partial charge in [-0.2, -0.15) is 0 Å². The molecule has 0 aliphatic carbocycles. The van der Waals surface area contributed by atoms with Gasteiger partial charge in [0.25, 0.3) is 5.56 Å². The number of carbonyl (C=O) groups is 1. The predicted octanol–water partition coefficient (Wildman–Crippen LogP) is -1.55. The smallest absolute Gasteiger partial charge is 0.330 e. The average molecular weight is 222 g/mol. The van der Waals surface area contributed by atoms with E-state index in [4.69, 9.17) is 0 Å². The number of carbonyl (C=O) groups excluding carboxylic acids is 1. The van der Waals surface area contributed by atoms with Crippen LogP contribution in [0.3, 0.4) is 0 Å². The molecule has 2 aromatic rings. The fourth-order valence-electron chi connectivity index (χ4n) is 1.16. The van der Waals surface area contributed by atoms with E-state index in [-0.39, 0.29) is 11.2 Å². The molecule has 0 radical (unpaired) electrons. The van der Waals surface area contributed by atoms with Crippen LogP contribution in [0.25, 0.3) is 11.2 Å². The molecule has 8 nitrogen and oxygen atoms in total. The molecule has 1 N–H and O–H groups in total. The third kappa shape index (κ3) is 1.56. The standard InChI is InChI=1S/C8H6N4O4/c1-4(13)16-12-6-5(9-2-3-10-6)7(14)11-8(12)15/h2-3H,1H3,(H,11,14,15). The summed E-state index contributed by atoms with van der Waals surface area (Å²) in [4.78, 5) is 47.5. The van der Waals surface area contributed by atoms with Crippen LogP contribution in [-0.2, 0) is 4.79 Å². The quantitative estimate of drug-likeness (QED) is 0.626. The Bertz CT molecular complexity index is 672. The number of fused-ring (bicyclic) bond motifs is 1. The highest BCUT2D eigenvalue weighted by Crippen LogP contribution is 1.96. The van der Waals surface area contributed by atoms with E-state index in [0.29, 0.717) is 4.73 Å². The zero-order valence-electron chi connectivity index (χ0n) is 8.13. The van der Waals surface area contributed by atoms with E-state index >= 15 is 0 Å². The summed E-state index contributed by atoms with van der Waals surface area (Å²) in [5.74, 6) is -0.707. The van der Waals surface area contributed by atoms with Crippen LogP contribution in [0.2, 0.25) is 0 Å². The monoisotopic (exact) mass is 222 g/mol. The number of aromatic amines is 1. The summed E-state index contributed by atoms with van der Waals surface area (Å²) in [6.07, 6.45) is 2.57. The van der Waals surface area contributed by atoms with Crippen LogP contribution in [0.5, 0.6) is 0 Å². The number of rotatable bonds is 1. The maximum absolute atomic E-state index is 11.4. The van der Waals surface area contributed by atoms with E-state index in [0.717, 1.165) is 6.92 Å². The summed E-state index contributed by atoms with van der Waals surface area (Å²) in [7, 11) is 0. The average Bonchev–Trinajstić information content (AvgIpc) is 2.24. The molecule has 82 valence electrons. The molecular weight excluding hydrogens is 216 g/mol. The Labute approximate surface area is 87.5 Å². The first-order chi connectivity index (χ1) is 7.59. The molecule has 0 saturated carbocycles. The van der Waals surface area contributed by atoms with Crippen molar-refractivity contribution in [2.24, 2.45) is 0 Å². The minimum Gasteiger partial charge on any atom is -0.330 e. The maximum atomic E-state index is 11.4. The van der Waals surface area contributed by atoms with E-state index < -0.39 is 17.2 Å². The number of hydrogen-bond donors (Lipinski definition) is 1. The van der Waals surface area contributed by atoms with Crippen LogP contribution in [0.1, 0.15) is 6.92 Å². The lowest BCUT2D eigenvalue weighted by Crippen LogP contribution is -2.36. The number of nitrogens with one attached hydrogen (secondary N) is 1. The number of hydrogen-bond acceptors (Lipinski definition) is 6. The molecule has 0 unspecified atom stereocenters. The molecule has 0 saturated heterocycles. The molecular formula is C8H6N4O4. The lowest BCUT2D eigenvalue weighted by Gasteiger charge is -2.04. The van der Waals surface area contributed by atoms with Gasteiger partial charge in [-0.05, 0) is 0 Å². The van der Waals surface area contributed by atoms with E-state index in [9.17, 15) is 14.4 Å². The van der Waals surface area contributed by atoms with Gasteiger partial charge in [-0.25, -0.2) is 19.6 Å². The Morgan fingerprint density at radius 2 is 2.06 bits per heavy atom. The molecule has 0 aliphatic rings. The van der Waals surface area contributed by atoms with Crippen LogP contribution in [0, 0.1) is 0 Å². The van der Waals surface area contributed by atoms with E-state index in [1.54, 1.807) is 0 Å². The van der Waals surface area contributed by atoms with Gasteiger partial charge in [-0.3, -0.25) is 9.78 Å². The second-order valence-corrected chi connectivity index (χ2v) is 2.87. The SMILES string of the molecule is CC(=O)On1c(=O)[nH]c(=O)c2nccnc21. The highest BCUT2D eigenvalue weighted by molar-refractivity contribution is 5.70. The molecule has 2 heterocycles. The lowest BCUT2D eigenvalue weighted by molar-refractivity contribution is -0.141. The van der Waals surface area contributed by atoms with Crippen molar-refractivity contribution in [3.05, 3.63) is 33.2 Å². The molecule has 0 atom stereocenters. The molecule has 8 heteroatoms. The third-order valence-corrected chi connectivity index (χ3v) is 1.71. The molecule has 0 bridgehead atoms. The maximum Gasteiger partial charge on any atom is 0.364 e. The van der Waals surface area contributed by atoms with Crippen molar-refractivity contribution in [2.75, 3.05) is 0 Å². The fraction of sp³-hybridized carbons (Fsp3) is 0.125. The summed E-state index contributed by atoms with van der Waals surface area (Å²) >= 11 is 0. The Morgan fingerprint density at radius 1 is 1.38 bits per heavy atom. The van der Waals surface area contributed by atoms with Gasteiger partial charge >= 0.3 is 11.7 Å². The van der Waals surface area contributed by atoms with E-state index in [1.807, 2.05) is 4.98 Å². The van der Waals surface area contributed by atoms with Crippen molar-refractivity contribution in [2.45, 2.75) is 6.92 Å². The first kappa shape index (κ1) is 10.0. The molecule has 0 amide bonds. The Kier molecular flexibility index (Phi) is 2.24. The number of aromatic nitrogens is 4. The topological polar surface area (TPSA) is 107 Å². The Balaban J connectivity index is 2.87. The van der Waals surface area contributed by atoms with Crippen LogP contribution in [0.15, 0.2) is 22.0 Å². The van der Waals surface area contributed by atoms with E-state index in [1.165, 1.54) is 12.4 Å². The molecule has 2 aromatic heterocycles. The minimum absolute atomic E-state index is 0.0802. The van der Waals surface area contributed by atoms with Crippen LogP contribution in [-0.4, -0.2) is 25.7 Å². The summed E-state index contributed by atoms with van der Waals surface area (Å²) in [5.41, 5.74) is -1.75. The third-order valence-electron chi connectivity index (χ3n) is 1.71. The van der Waals surface area contributed by atoms with Crippen molar-refractivity contribution >= 4 is 17.1 Å². The van der Waals surface area contributed by atoms with Crippen LogP contribution >= 0.6 is 0 Å². The van der Waals surface area contributed by atoms with Gasteiger partial charge in [-0.15, -0.1) is 0 Å². The summed E-state index contributed by atoms with van der Waals surface area (Å²) in [5, 5.41) is 0. The molecule has 16 heavy (non-hydrogen) atoms. The van der Waals surface area contributed by atoms with Gasteiger partial charge in [0.05, 0.1) is 0 Å². The molecule has 0 aromatic carbocycles. The zero-order chi connectivity index (χ0) is 11.7. The largest absolute Gasteiger partial charge is 0.364 e. The van der Waals surface area contributed by atoms with Gasteiger partial charge in [0, 0.05) is 19.3 Å². The zero-order valence-corrected chi connectivity index (χ0v) is 8.13. The van der Waals surface area contributed by atoms with Gasteiger partial charge < -0.3 is 4.84 Å². The molecule has 2 rings (SSSR count). The second-order valence-electron chi connectivity index (χ2n) is 2.87. The summed E-state index contributed by atoms with van der Waals surface area (Å²) < 4.78 is 0.589. The predicted molar refractivity (Wildman–Crippen MR) is 51.7 cm³/mol. The van der Waals surface area contributed by atoms with Gasteiger partial charge in [0.1, 0.15) is 0 Å². The van der Waals surface area contributed by atoms with Crippen molar-refractivity contribution in [3.8, 4) is 0 Å². The van der Waals surface area contributed by atoms with Crippen molar-refractivity contribution in [1.82, 2.24) is 19.7 Å². The Morgan fingerprint density at radius 3 is 2.75 bits per heavy atom. The summed E-state index contributed by atoms with van der Waals surface area (Å²) in [6, 6.07) is 0. The number of H-pyrrole nitrogens is 1. The molecule has 0 aliphatic heterocycles. The van der Waals surface area contributed by atoms with Gasteiger partial charge in [0.2, 0.25) is 5.65 Å². The second kappa shape index (κ2) is 3.57. The highest BCUT2D eigenvalue weighted by atomic mass is 16.7. The first-order valence-corrected chi connectivity index (χ1v) is 4.24. The van der Waals surface area contributed by atoms with Gasteiger partial charge in [-0.1, -0.05) is 4.73 Å². The van der Waals surface area contributed by atoms with E-state index in [2.05, 4.69) is 14.8 Å². The van der Waals surface area contributed by atoms with Crippen LogP contribution in [0.4, 0.5) is 0 Å². The van der Waals surface area contributed by atoms with Crippen LogP contribution < -0.4 is 16.1 Å². The fourth-order valence-corrected chi connectivity index (χ4v) is 1.16. The summed E-state index contributed by atoms with van der Waals surface area (Å²) in [6.45, 7) is 1.12. The van der Waals surface area contributed by atoms with Crippen molar-refractivity contribution in [1.29, 1.82) is 0 Å². The lowest BCUT2D eigenvalue weighted by atomic mass is 10.5. The van der Waals surface area contributed by atoms with Gasteiger partial charge in [0.15, 0.2) is 5.52 Å². The highest BCUT2D eigenvalue weighted by Gasteiger charge is 2.11. The van der Waals surface area contributed by atoms with Crippen molar-refractivity contribution in [3.63, 3.8) is 0 Å².